The molecule has 5 heterocycles. The van der Waals surface area contributed by atoms with Crippen molar-refractivity contribution in [2.75, 3.05) is 13.7 Å². The summed E-state index contributed by atoms with van der Waals surface area (Å²) in [5.41, 5.74) is 10.9. The van der Waals surface area contributed by atoms with E-state index in [1.807, 2.05) is 45.1 Å². The number of hydrogen-bond acceptors (Lipinski definition) is 10. The van der Waals surface area contributed by atoms with Crippen LogP contribution >= 0.6 is 0 Å². The summed E-state index contributed by atoms with van der Waals surface area (Å²) in [7, 11) is 1.29. The summed E-state index contributed by atoms with van der Waals surface area (Å²) < 4.78 is 11.0. The Bertz CT molecular complexity index is 2350. The standard InChI is InChI=1S/C55H72N4O6/c1-12-38-35(8)42-27-43-36(9)40(23-24-48(61)65-26-25-34(7)22-16-21-33(6)20-15-19-32(5)18-14-17-31(3)4)52(58-43)50-51(55(63)64-11)54(62)49-37(10)44(59-53(49)50)28-46-39(13-2)41(30-60)47(57-46)29-45(38)56-42/h12,25,27-33,36,40,51,58,60H,1,13-24,26H2,2-11H3/b34-25+,41-30-,43-27?,44-28?,45-29?,52-50?/t32-,33-,36-,40-,51+/m0/s1. The van der Waals surface area contributed by atoms with Crippen molar-refractivity contribution in [2.24, 2.45) is 50.5 Å². The number of nitrogens with zero attached hydrogens (tertiary/aromatic N) is 3. The van der Waals surface area contributed by atoms with Gasteiger partial charge in [0.05, 0.1) is 47.6 Å². The van der Waals surface area contributed by atoms with Gasteiger partial charge in [-0.15, -0.1) is 0 Å². The van der Waals surface area contributed by atoms with Crippen LogP contribution in [-0.2, 0) is 23.9 Å². The number of carbonyl (C=O) groups is 3. The van der Waals surface area contributed by atoms with Crippen LogP contribution in [0.4, 0.5) is 0 Å². The molecule has 2 N–H and O–H groups in total. The summed E-state index contributed by atoms with van der Waals surface area (Å²) in [6, 6.07) is 0. The number of carbonyl (C=O) groups excluding carboxylic acids is 3. The maximum absolute atomic E-state index is 14.4. The van der Waals surface area contributed by atoms with E-state index in [1.165, 1.54) is 57.6 Å². The normalized spacial score (nSPS) is 23.2. The Balaban J connectivity index is 1.21. The highest BCUT2D eigenvalue weighted by molar-refractivity contribution is 6.42. The number of ether oxygens (including phenoxy) is 2. The molecule has 1 saturated carbocycles. The first-order chi connectivity index (χ1) is 31.1. The molecule has 1 saturated heterocycles. The first-order valence-corrected chi connectivity index (χ1v) is 24.1. The molecule has 348 valence electrons. The number of nitrogens with one attached hydrogen (secondary N) is 1. The van der Waals surface area contributed by atoms with E-state index >= 15 is 0 Å². The third kappa shape index (κ3) is 10.8. The minimum absolute atomic E-state index is 0.139. The van der Waals surface area contributed by atoms with Crippen molar-refractivity contribution >= 4 is 34.9 Å². The number of allylic oxidation sites excluding steroid dienone is 12. The molecule has 65 heavy (non-hydrogen) atoms. The van der Waals surface area contributed by atoms with E-state index in [1.54, 1.807) is 6.08 Å². The Morgan fingerprint density at radius 1 is 0.908 bits per heavy atom. The van der Waals surface area contributed by atoms with Crippen LogP contribution in [0, 0.1) is 35.5 Å². The van der Waals surface area contributed by atoms with Gasteiger partial charge in [0.2, 0.25) is 0 Å². The molecule has 5 aliphatic heterocycles. The van der Waals surface area contributed by atoms with E-state index in [4.69, 9.17) is 24.5 Å². The number of esters is 2. The van der Waals surface area contributed by atoms with Gasteiger partial charge in [0, 0.05) is 51.9 Å². The fourth-order valence-corrected chi connectivity index (χ4v) is 10.1. The van der Waals surface area contributed by atoms with Crippen LogP contribution in [0.2, 0.25) is 0 Å². The van der Waals surface area contributed by atoms with Crippen LogP contribution in [0.15, 0.2) is 131 Å². The molecule has 0 spiro atoms. The van der Waals surface area contributed by atoms with Crippen molar-refractivity contribution in [1.29, 1.82) is 0 Å². The van der Waals surface area contributed by atoms with E-state index in [0.29, 0.717) is 81.0 Å². The van der Waals surface area contributed by atoms with Crippen molar-refractivity contribution in [3.05, 3.63) is 116 Å². The van der Waals surface area contributed by atoms with Crippen LogP contribution in [0.5, 0.6) is 0 Å². The van der Waals surface area contributed by atoms with E-state index in [0.717, 1.165) is 53.4 Å². The second kappa shape index (κ2) is 21.7. The average Bonchev–Trinajstić information content (AvgIpc) is 4.02. The zero-order chi connectivity index (χ0) is 47.1. The lowest BCUT2D eigenvalue weighted by Crippen LogP contribution is -2.26. The molecule has 0 radical (unpaired) electrons. The third-order valence-electron chi connectivity index (χ3n) is 14.2. The van der Waals surface area contributed by atoms with E-state index in [-0.39, 0.29) is 36.6 Å². The van der Waals surface area contributed by atoms with Crippen molar-refractivity contribution in [3.63, 3.8) is 0 Å². The van der Waals surface area contributed by atoms with Gasteiger partial charge in [-0.1, -0.05) is 105 Å². The van der Waals surface area contributed by atoms with Crippen molar-refractivity contribution in [2.45, 2.75) is 139 Å². The Labute approximate surface area is 387 Å². The predicted octanol–water partition coefficient (Wildman–Crippen LogP) is 12.1. The van der Waals surface area contributed by atoms with Gasteiger partial charge in [0.15, 0.2) is 5.78 Å². The van der Waals surface area contributed by atoms with Crippen molar-refractivity contribution in [3.8, 4) is 0 Å². The largest absolute Gasteiger partial charge is 0.515 e. The SMILES string of the molecule is C=CC1=C(C)C2=NC1=CC1=NC(=C(CC)/C1=C/O)C=C1N=C3C(=C1C)C(=O)[C@H](C(=O)OC)C3=C1NC(=C2)[C@@H](C)[C@@H]1CCC(=O)OC/C=C(\C)CCC[C@@H](C)CCC[C@@H](C)CCCC(C)C. The van der Waals surface area contributed by atoms with Gasteiger partial charge in [-0.25, -0.2) is 15.0 Å². The van der Waals surface area contributed by atoms with E-state index in [2.05, 4.69) is 53.4 Å². The van der Waals surface area contributed by atoms with Gasteiger partial charge < -0.3 is 19.9 Å². The summed E-state index contributed by atoms with van der Waals surface area (Å²) in [6.45, 7) is 23.7. The number of fused-ring (bicyclic) bond motifs is 5. The predicted molar refractivity (Wildman–Crippen MR) is 262 cm³/mol. The molecule has 2 fully saturated rings. The Hall–Kier alpha value is -5.38. The lowest BCUT2D eigenvalue weighted by molar-refractivity contribution is -0.146. The summed E-state index contributed by atoms with van der Waals surface area (Å²) >= 11 is 0. The minimum Gasteiger partial charge on any atom is -0.515 e. The Morgan fingerprint density at radius 3 is 2.25 bits per heavy atom. The molecule has 10 heteroatoms. The Kier molecular flexibility index (Phi) is 16.4. The summed E-state index contributed by atoms with van der Waals surface area (Å²) in [4.78, 5) is 56.5. The van der Waals surface area contributed by atoms with Gasteiger partial charge in [-0.05, 0) is 105 Å². The first kappa shape index (κ1) is 49.1. The summed E-state index contributed by atoms with van der Waals surface area (Å²) in [5, 5.41) is 14.1. The summed E-state index contributed by atoms with van der Waals surface area (Å²) in [5.74, 6) is -0.732. The summed E-state index contributed by atoms with van der Waals surface area (Å²) in [6.07, 6.45) is 22.9. The van der Waals surface area contributed by atoms with Gasteiger partial charge in [0.25, 0.3) is 0 Å². The highest BCUT2D eigenvalue weighted by atomic mass is 16.5. The van der Waals surface area contributed by atoms with E-state index < -0.39 is 11.9 Å². The van der Waals surface area contributed by atoms with Gasteiger partial charge in [0.1, 0.15) is 12.5 Å². The van der Waals surface area contributed by atoms with Crippen LogP contribution < -0.4 is 5.32 Å². The molecule has 0 aromatic carbocycles. The fraction of sp³-hybridized carbons (Fsp3) is 0.527. The molecular formula is C55H72N4O6. The lowest BCUT2D eigenvalue weighted by atomic mass is 9.85. The first-order valence-electron chi connectivity index (χ1n) is 24.1. The topological polar surface area (TPSA) is 139 Å². The number of aliphatic imine (C=N–C) groups is 3. The molecule has 5 atom stereocenters. The molecular weight excluding hydrogens is 813 g/mol. The minimum atomic E-state index is -1.23. The number of ketones is 1. The number of methoxy groups -OCH3 is 1. The van der Waals surface area contributed by atoms with Gasteiger partial charge >= 0.3 is 11.9 Å². The molecule has 1 aliphatic carbocycles. The van der Waals surface area contributed by atoms with Crippen LogP contribution in [0.1, 0.15) is 139 Å². The number of rotatable bonds is 20. The second-order valence-electron chi connectivity index (χ2n) is 19.4. The van der Waals surface area contributed by atoms with Crippen molar-refractivity contribution in [1.82, 2.24) is 5.32 Å². The zero-order valence-corrected chi connectivity index (χ0v) is 40.7. The van der Waals surface area contributed by atoms with Gasteiger partial charge in [-0.3, -0.25) is 14.4 Å². The quantitative estimate of drug-likeness (QED) is 0.0537. The zero-order valence-electron chi connectivity index (χ0n) is 40.7. The number of Topliss-reactive ketones (excluding diaryl/α,β-unsaturated/α-hetero) is 1. The highest BCUT2D eigenvalue weighted by Crippen LogP contribution is 2.47. The molecule has 6 rings (SSSR count). The van der Waals surface area contributed by atoms with Crippen LogP contribution in [0.25, 0.3) is 0 Å². The number of aliphatic hydroxyl groups is 1. The number of aliphatic hydroxyl groups excluding tert-OH is 1. The molecule has 10 nitrogen and oxygen atoms in total. The molecule has 0 aromatic heterocycles. The Morgan fingerprint density at radius 2 is 1.60 bits per heavy atom. The van der Waals surface area contributed by atoms with Crippen LogP contribution in [0.3, 0.4) is 0 Å². The second-order valence-corrected chi connectivity index (χ2v) is 19.4. The van der Waals surface area contributed by atoms with E-state index in [9.17, 15) is 19.5 Å². The third-order valence-corrected chi connectivity index (χ3v) is 14.2. The number of hydrogen-bond donors (Lipinski definition) is 2. The monoisotopic (exact) mass is 885 g/mol. The lowest BCUT2D eigenvalue weighted by Gasteiger charge is -2.19. The molecule has 6 aliphatic rings. The van der Waals surface area contributed by atoms with Crippen molar-refractivity contribution < 1.29 is 29.0 Å². The smallest absolute Gasteiger partial charge is 0.321 e. The molecule has 0 amide bonds. The fourth-order valence-electron chi connectivity index (χ4n) is 10.1. The van der Waals surface area contributed by atoms with Gasteiger partial charge in [-0.2, -0.15) is 0 Å². The molecule has 0 unspecified atom stereocenters. The maximum Gasteiger partial charge on any atom is 0.321 e. The maximum atomic E-state index is 14.4. The average molecular weight is 885 g/mol. The molecule has 0 aromatic rings. The molecule has 8 bridgehead atoms. The highest BCUT2D eigenvalue weighted by Gasteiger charge is 2.52. The van der Waals surface area contributed by atoms with Crippen LogP contribution in [-0.4, -0.2) is 53.7 Å².